The largest absolute Gasteiger partial charge is 0.480 e. The van der Waals surface area contributed by atoms with Crippen LogP contribution in [0.2, 0.25) is 0 Å². The summed E-state index contributed by atoms with van der Waals surface area (Å²) < 4.78 is 10.3. The standard InChI is InChI=1S/C12H24N2O3/c1-7-16-10(13)9(8(2)3)14-11(15)17-12(4,5)6/h8-9,13H,7H2,1-6H3,(H,14,15)/t9-/m0/s1. The van der Waals surface area contributed by atoms with E-state index in [1.165, 1.54) is 0 Å². The highest BCUT2D eigenvalue weighted by atomic mass is 16.6. The Kier molecular flexibility index (Phi) is 5.99. The monoisotopic (exact) mass is 244 g/mol. The quantitative estimate of drug-likeness (QED) is 0.589. The van der Waals surface area contributed by atoms with E-state index in [1.807, 2.05) is 13.8 Å². The van der Waals surface area contributed by atoms with Crippen molar-refractivity contribution in [2.75, 3.05) is 6.61 Å². The molecule has 0 aromatic carbocycles. The molecule has 0 saturated heterocycles. The topological polar surface area (TPSA) is 71.4 Å². The van der Waals surface area contributed by atoms with Crippen LogP contribution in [0.5, 0.6) is 0 Å². The first-order chi connectivity index (χ1) is 7.67. The van der Waals surface area contributed by atoms with Gasteiger partial charge in [-0.15, -0.1) is 0 Å². The summed E-state index contributed by atoms with van der Waals surface area (Å²) in [6.45, 7) is 11.4. The second kappa shape index (κ2) is 6.47. The average molecular weight is 244 g/mol. The third-order valence-electron chi connectivity index (χ3n) is 1.92. The summed E-state index contributed by atoms with van der Waals surface area (Å²) in [5.74, 6) is 0.134. The molecule has 0 bridgehead atoms. The average Bonchev–Trinajstić information content (AvgIpc) is 2.11. The van der Waals surface area contributed by atoms with Gasteiger partial charge in [-0.3, -0.25) is 5.41 Å². The Bertz CT molecular complexity index is 269. The third kappa shape index (κ3) is 6.81. The Labute approximate surface area is 103 Å². The molecule has 5 heteroatoms. The van der Waals surface area contributed by atoms with Crippen molar-refractivity contribution in [3.05, 3.63) is 0 Å². The second-order valence-electron chi connectivity index (χ2n) is 5.17. The van der Waals surface area contributed by atoms with Gasteiger partial charge in [-0.05, 0) is 33.6 Å². The molecular formula is C12H24N2O3. The summed E-state index contributed by atoms with van der Waals surface area (Å²) in [7, 11) is 0. The summed E-state index contributed by atoms with van der Waals surface area (Å²) in [6.07, 6.45) is -0.527. The van der Waals surface area contributed by atoms with Gasteiger partial charge >= 0.3 is 6.09 Å². The normalized spacial score (nSPS) is 13.1. The summed E-state index contributed by atoms with van der Waals surface area (Å²) in [5.41, 5.74) is -0.542. The van der Waals surface area contributed by atoms with E-state index in [1.54, 1.807) is 27.7 Å². The Morgan fingerprint density at radius 3 is 2.24 bits per heavy atom. The number of rotatable bonds is 4. The molecular weight excluding hydrogens is 220 g/mol. The van der Waals surface area contributed by atoms with Crippen molar-refractivity contribution in [3.8, 4) is 0 Å². The first-order valence-corrected chi connectivity index (χ1v) is 5.88. The maximum Gasteiger partial charge on any atom is 0.408 e. The minimum atomic E-state index is -0.542. The molecule has 0 aliphatic heterocycles. The molecule has 0 rings (SSSR count). The Balaban J connectivity index is 4.46. The van der Waals surface area contributed by atoms with Gasteiger partial charge in [0.25, 0.3) is 0 Å². The van der Waals surface area contributed by atoms with Crippen LogP contribution < -0.4 is 5.32 Å². The lowest BCUT2D eigenvalue weighted by Gasteiger charge is -2.25. The van der Waals surface area contributed by atoms with Crippen molar-refractivity contribution in [2.24, 2.45) is 5.92 Å². The van der Waals surface area contributed by atoms with Gasteiger partial charge in [-0.2, -0.15) is 0 Å². The van der Waals surface area contributed by atoms with Gasteiger partial charge < -0.3 is 14.8 Å². The summed E-state index contributed by atoms with van der Waals surface area (Å²) >= 11 is 0. The van der Waals surface area contributed by atoms with E-state index in [2.05, 4.69) is 5.32 Å². The van der Waals surface area contributed by atoms with Crippen molar-refractivity contribution in [1.82, 2.24) is 5.32 Å². The summed E-state index contributed by atoms with van der Waals surface area (Å²) in [6, 6.07) is -0.454. The van der Waals surface area contributed by atoms with Crippen LogP contribution >= 0.6 is 0 Å². The number of amides is 1. The molecule has 0 saturated carbocycles. The van der Waals surface area contributed by atoms with Gasteiger partial charge in [0.1, 0.15) is 11.6 Å². The van der Waals surface area contributed by atoms with E-state index in [4.69, 9.17) is 14.9 Å². The fourth-order valence-electron chi connectivity index (χ4n) is 1.21. The van der Waals surface area contributed by atoms with Crippen molar-refractivity contribution in [2.45, 2.75) is 53.2 Å². The zero-order chi connectivity index (χ0) is 13.6. The van der Waals surface area contributed by atoms with E-state index < -0.39 is 17.7 Å². The lowest BCUT2D eigenvalue weighted by atomic mass is 10.0. The molecule has 0 spiro atoms. The van der Waals surface area contributed by atoms with E-state index in [9.17, 15) is 4.79 Å². The van der Waals surface area contributed by atoms with Crippen molar-refractivity contribution in [3.63, 3.8) is 0 Å². The molecule has 0 aromatic rings. The number of carbonyl (C=O) groups excluding carboxylic acids is 1. The Hall–Kier alpha value is -1.26. The van der Waals surface area contributed by atoms with E-state index >= 15 is 0 Å². The maximum atomic E-state index is 11.6. The molecule has 1 atom stereocenters. The Morgan fingerprint density at radius 2 is 1.88 bits per heavy atom. The summed E-state index contributed by atoms with van der Waals surface area (Å²) in [4.78, 5) is 11.6. The number of nitrogens with one attached hydrogen (secondary N) is 2. The highest BCUT2D eigenvalue weighted by molar-refractivity contribution is 5.83. The molecule has 2 N–H and O–H groups in total. The Morgan fingerprint density at radius 1 is 1.35 bits per heavy atom. The van der Waals surface area contributed by atoms with Gasteiger partial charge in [0.15, 0.2) is 0 Å². The molecule has 1 amide bonds. The van der Waals surface area contributed by atoms with Crippen LogP contribution in [0.15, 0.2) is 0 Å². The highest BCUT2D eigenvalue weighted by Gasteiger charge is 2.25. The zero-order valence-corrected chi connectivity index (χ0v) is 11.6. The SMILES string of the molecule is CCOC(=N)[C@@H](NC(=O)OC(C)(C)C)C(C)C. The number of alkyl carbamates (subject to hydrolysis) is 1. The van der Waals surface area contributed by atoms with Crippen LogP contribution in [0.25, 0.3) is 0 Å². The van der Waals surface area contributed by atoms with Crippen molar-refractivity contribution >= 4 is 12.0 Å². The first-order valence-electron chi connectivity index (χ1n) is 5.88. The minimum absolute atomic E-state index is 0.0633. The number of ether oxygens (including phenoxy) is 2. The van der Waals surface area contributed by atoms with Gasteiger partial charge in [0.05, 0.1) is 6.61 Å². The van der Waals surface area contributed by atoms with Gasteiger partial charge in [-0.25, -0.2) is 4.79 Å². The van der Waals surface area contributed by atoms with E-state index in [0.29, 0.717) is 6.61 Å². The van der Waals surface area contributed by atoms with Crippen LogP contribution in [0.3, 0.4) is 0 Å². The smallest absolute Gasteiger partial charge is 0.408 e. The predicted octanol–water partition coefficient (Wildman–Crippen LogP) is 2.55. The molecule has 0 aliphatic rings. The lowest BCUT2D eigenvalue weighted by molar-refractivity contribution is 0.0501. The van der Waals surface area contributed by atoms with Crippen molar-refractivity contribution in [1.29, 1.82) is 5.41 Å². The molecule has 0 unspecified atom stereocenters. The van der Waals surface area contributed by atoms with Crippen LogP contribution in [0.4, 0.5) is 4.79 Å². The van der Waals surface area contributed by atoms with Gasteiger partial charge in [-0.1, -0.05) is 13.8 Å². The molecule has 17 heavy (non-hydrogen) atoms. The fourth-order valence-corrected chi connectivity index (χ4v) is 1.21. The van der Waals surface area contributed by atoms with Gasteiger partial charge in [0.2, 0.25) is 5.90 Å². The third-order valence-corrected chi connectivity index (χ3v) is 1.92. The highest BCUT2D eigenvalue weighted by Crippen LogP contribution is 2.09. The molecule has 5 nitrogen and oxygen atoms in total. The zero-order valence-electron chi connectivity index (χ0n) is 11.6. The maximum absolute atomic E-state index is 11.6. The number of hydrogen-bond acceptors (Lipinski definition) is 4. The number of hydrogen-bond donors (Lipinski definition) is 2. The van der Waals surface area contributed by atoms with Crippen LogP contribution in [0.1, 0.15) is 41.5 Å². The number of carbonyl (C=O) groups is 1. The van der Waals surface area contributed by atoms with E-state index in [-0.39, 0.29) is 11.8 Å². The predicted molar refractivity (Wildman–Crippen MR) is 67.3 cm³/mol. The van der Waals surface area contributed by atoms with Crippen LogP contribution in [-0.4, -0.2) is 30.2 Å². The molecule has 100 valence electrons. The van der Waals surface area contributed by atoms with Crippen LogP contribution in [0, 0.1) is 11.3 Å². The second-order valence-corrected chi connectivity index (χ2v) is 5.17. The molecule has 0 heterocycles. The molecule has 0 aliphatic carbocycles. The molecule has 0 radical (unpaired) electrons. The van der Waals surface area contributed by atoms with Crippen molar-refractivity contribution < 1.29 is 14.3 Å². The van der Waals surface area contributed by atoms with Crippen LogP contribution in [-0.2, 0) is 9.47 Å². The lowest BCUT2D eigenvalue weighted by Crippen LogP contribution is -2.46. The van der Waals surface area contributed by atoms with E-state index in [0.717, 1.165) is 0 Å². The minimum Gasteiger partial charge on any atom is -0.480 e. The molecule has 0 fully saturated rings. The molecule has 0 aromatic heterocycles. The summed E-state index contributed by atoms with van der Waals surface area (Å²) in [5, 5.41) is 10.4. The van der Waals surface area contributed by atoms with Gasteiger partial charge in [0, 0.05) is 0 Å². The first kappa shape index (κ1) is 15.7. The fraction of sp³-hybridized carbons (Fsp3) is 0.833.